The zero-order valence-electron chi connectivity index (χ0n) is 9.37. The van der Waals surface area contributed by atoms with Gasteiger partial charge < -0.3 is 5.73 Å². The van der Waals surface area contributed by atoms with Crippen LogP contribution in [0.3, 0.4) is 0 Å². The standard InChI is InChI=1S/C13H16FNO/c1-13(7-3-6-11(13)15)12(16)9-4-2-5-10(14)8-9/h2,4-5,8,11H,3,6-7,15H2,1H3. The molecule has 1 aliphatic carbocycles. The largest absolute Gasteiger partial charge is 0.327 e. The van der Waals surface area contributed by atoms with Crippen LogP contribution in [0.2, 0.25) is 0 Å². The van der Waals surface area contributed by atoms with Gasteiger partial charge in [0.2, 0.25) is 0 Å². The molecule has 3 heteroatoms. The number of ketones is 1. The summed E-state index contributed by atoms with van der Waals surface area (Å²) in [7, 11) is 0. The van der Waals surface area contributed by atoms with Gasteiger partial charge in [-0.1, -0.05) is 25.5 Å². The molecule has 0 radical (unpaired) electrons. The Morgan fingerprint density at radius 3 is 2.88 bits per heavy atom. The van der Waals surface area contributed by atoms with Gasteiger partial charge in [-0.25, -0.2) is 4.39 Å². The first kappa shape index (κ1) is 11.3. The van der Waals surface area contributed by atoms with Crippen LogP contribution in [0.4, 0.5) is 4.39 Å². The SMILES string of the molecule is CC1(C(=O)c2cccc(F)c2)CCCC1N. The number of rotatable bonds is 2. The maximum absolute atomic E-state index is 13.1. The second kappa shape index (κ2) is 3.98. The molecular formula is C13H16FNO. The highest BCUT2D eigenvalue weighted by molar-refractivity contribution is 6.01. The van der Waals surface area contributed by atoms with Crippen molar-refractivity contribution in [2.75, 3.05) is 0 Å². The average molecular weight is 221 g/mol. The summed E-state index contributed by atoms with van der Waals surface area (Å²) < 4.78 is 13.1. The van der Waals surface area contributed by atoms with E-state index in [1.165, 1.54) is 12.1 Å². The van der Waals surface area contributed by atoms with Gasteiger partial charge >= 0.3 is 0 Å². The molecule has 2 nitrogen and oxygen atoms in total. The van der Waals surface area contributed by atoms with Gasteiger partial charge in [0.15, 0.2) is 5.78 Å². The lowest BCUT2D eigenvalue weighted by atomic mass is 9.78. The molecule has 0 bridgehead atoms. The fourth-order valence-corrected chi connectivity index (χ4v) is 2.43. The molecule has 0 saturated heterocycles. The molecule has 1 aromatic rings. The summed E-state index contributed by atoms with van der Waals surface area (Å²) in [5, 5.41) is 0. The summed E-state index contributed by atoms with van der Waals surface area (Å²) in [6.45, 7) is 1.89. The zero-order chi connectivity index (χ0) is 11.8. The van der Waals surface area contributed by atoms with Crippen LogP contribution >= 0.6 is 0 Å². The Morgan fingerprint density at radius 2 is 2.31 bits per heavy atom. The van der Waals surface area contributed by atoms with E-state index in [-0.39, 0.29) is 17.6 Å². The highest BCUT2D eigenvalue weighted by Gasteiger charge is 2.43. The summed E-state index contributed by atoms with van der Waals surface area (Å²) in [5.41, 5.74) is 5.89. The van der Waals surface area contributed by atoms with Crippen molar-refractivity contribution >= 4 is 5.78 Å². The van der Waals surface area contributed by atoms with Gasteiger partial charge in [-0.3, -0.25) is 4.79 Å². The van der Waals surface area contributed by atoms with Crippen LogP contribution in [0.5, 0.6) is 0 Å². The van der Waals surface area contributed by atoms with Crippen LogP contribution in [-0.2, 0) is 0 Å². The number of hydrogen-bond acceptors (Lipinski definition) is 2. The van der Waals surface area contributed by atoms with Crippen molar-refractivity contribution in [3.8, 4) is 0 Å². The van der Waals surface area contributed by atoms with Gasteiger partial charge in [0.1, 0.15) is 5.82 Å². The Labute approximate surface area is 94.6 Å². The fourth-order valence-electron chi connectivity index (χ4n) is 2.43. The van der Waals surface area contributed by atoms with Gasteiger partial charge in [-0.15, -0.1) is 0 Å². The third kappa shape index (κ3) is 1.76. The van der Waals surface area contributed by atoms with Crippen LogP contribution in [0, 0.1) is 11.2 Å². The topological polar surface area (TPSA) is 43.1 Å². The lowest BCUT2D eigenvalue weighted by Gasteiger charge is -2.27. The molecule has 2 atom stereocenters. The Kier molecular flexibility index (Phi) is 2.80. The quantitative estimate of drug-likeness (QED) is 0.780. The maximum atomic E-state index is 13.1. The van der Waals surface area contributed by atoms with Crippen LogP contribution in [0.15, 0.2) is 24.3 Å². The van der Waals surface area contributed by atoms with E-state index in [1.807, 2.05) is 6.92 Å². The van der Waals surface area contributed by atoms with Gasteiger partial charge in [0.25, 0.3) is 0 Å². The van der Waals surface area contributed by atoms with E-state index in [0.29, 0.717) is 5.56 Å². The van der Waals surface area contributed by atoms with Gasteiger partial charge in [0, 0.05) is 17.0 Å². The second-order valence-corrected chi connectivity index (χ2v) is 4.76. The number of carbonyl (C=O) groups is 1. The van der Waals surface area contributed by atoms with Crippen molar-refractivity contribution < 1.29 is 9.18 Å². The predicted octanol–water partition coefficient (Wildman–Crippen LogP) is 2.53. The number of carbonyl (C=O) groups excluding carboxylic acids is 1. The van der Waals surface area contributed by atoms with E-state index in [1.54, 1.807) is 12.1 Å². The molecule has 1 fully saturated rings. The van der Waals surface area contributed by atoms with Crippen molar-refractivity contribution in [1.29, 1.82) is 0 Å². The van der Waals surface area contributed by atoms with Crippen LogP contribution in [0.25, 0.3) is 0 Å². The second-order valence-electron chi connectivity index (χ2n) is 4.76. The lowest BCUT2D eigenvalue weighted by molar-refractivity contribution is 0.0802. The molecule has 2 unspecified atom stereocenters. The Balaban J connectivity index is 2.32. The van der Waals surface area contributed by atoms with Crippen molar-refractivity contribution in [2.24, 2.45) is 11.1 Å². The van der Waals surface area contributed by atoms with Crippen molar-refractivity contribution in [2.45, 2.75) is 32.2 Å². The predicted molar refractivity (Wildman–Crippen MR) is 60.7 cm³/mol. The summed E-state index contributed by atoms with van der Waals surface area (Å²) in [6, 6.07) is 5.74. The third-order valence-electron chi connectivity index (χ3n) is 3.64. The first-order valence-corrected chi connectivity index (χ1v) is 5.60. The molecule has 0 aliphatic heterocycles. The molecule has 86 valence electrons. The molecule has 1 aliphatic rings. The Morgan fingerprint density at radius 1 is 1.56 bits per heavy atom. The minimum atomic E-state index is -0.520. The van der Waals surface area contributed by atoms with E-state index in [0.717, 1.165) is 19.3 Å². The average Bonchev–Trinajstić information content (AvgIpc) is 2.59. The molecule has 0 heterocycles. The summed E-state index contributed by atoms with van der Waals surface area (Å²) in [4.78, 5) is 12.3. The first-order chi connectivity index (χ1) is 7.54. The summed E-state index contributed by atoms with van der Waals surface area (Å²) >= 11 is 0. The van der Waals surface area contributed by atoms with E-state index in [9.17, 15) is 9.18 Å². The maximum Gasteiger partial charge on any atom is 0.170 e. The van der Waals surface area contributed by atoms with Crippen molar-refractivity contribution in [1.82, 2.24) is 0 Å². The molecular weight excluding hydrogens is 205 g/mol. The summed E-state index contributed by atoms with van der Waals surface area (Å²) in [5.74, 6) is -0.405. The van der Waals surface area contributed by atoms with E-state index in [2.05, 4.69) is 0 Å². The molecule has 2 N–H and O–H groups in total. The number of benzene rings is 1. The molecule has 0 aromatic heterocycles. The van der Waals surface area contributed by atoms with Crippen LogP contribution in [0.1, 0.15) is 36.5 Å². The van der Waals surface area contributed by atoms with E-state index < -0.39 is 5.41 Å². The van der Waals surface area contributed by atoms with Crippen LogP contribution in [-0.4, -0.2) is 11.8 Å². The highest BCUT2D eigenvalue weighted by Crippen LogP contribution is 2.39. The number of halogens is 1. The third-order valence-corrected chi connectivity index (χ3v) is 3.64. The molecule has 16 heavy (non-hydrogen) atoms. The van der Waals surface area contributed by atoms with Gasteiger partial charge in [-0.2, -0.15) is 0 Å². The Hall–Kier alpha value is -1.22. The fraction of sp³-hybridized carbons (Fsp3) is 0.462. The van der Waals surface area contributed by atoms with Crippen molar-refractivity contribution in [3.63, 3.8) is 0 Å². The number of nitrogens with two attached hydrogens (primary N) is 1. The normalized spacial score (nSPS) is 29.3. The molecule has 0 spiro atoms. The van der Waals surface area contributed by atoms with Crippen LogP contribution < -0.4 is 5.73 Å². The molecule has 1 aromatic carbocycles. The molecule has 1 saturated carbocycles. The highest BCUT2D eigenvalue weighted by atomic mass is 19.1. The minimum Gasteiger partial charge on any atom is -0.327 e. The number of Topliss-reactive ketones (excluding diaryl/α,β-unsaturated/α-hetero) is 1. The van der Waals surface area contributed by atoms with Gasteiger partial charge in [0.05, 0.1) is 0 Å². The lowest BCUT2D eigenvalue weighted by Crippen LogP contribution is -2.41. The molecule has 0 amide bonds. The van der Waals surface area contributed by atoms with E-state index in [4.69, 9.17) is 5.73 Å². The number of hydrogen-bond donors (Lipinski definition) is 1. The zero-order valence-corrected chi connectivity index (χ0v) is 9.37. The monoisotopic (exact) mass is 221 g/mol. The van der Waals surface area contributed by atoms with Crippen molar-refractivity contribution in [3.05, 3.63) is 35.6 Å². The summed E-state index contributed by atoms with van der Waals surface area (Å²) in [6.07, 6.45) is 2.64. The minimum absolute atomic E-state index is 0.0306. The smallest absolute Gasteiger partial charge is 0.170 e. The first-order valence-electron chi connectivity index (χ1n) is 5.60. The van der Waals surface area contributed by atoms with E-state index >= 15 is 0 Å². The molecule has 2 rings (SSSR count). The van der Waals surface area contributed by atoms with Gasteiger partial charge in [-0.05, 0) is 25.0 Å². The Bertz CT molecular complexity index is 418.